The summed E-state index contributed by atoms with van der Waals surface area (Å²) in [6.45, 7) is 9.72. The van der Waals surface area contributed by atoms with Crippen LogP contribution in [0.1, 0.15) is 53.4 Å². The molecule has 23 heavy (non-hydrogen) atoms. The monoisotopic (exact) mass is 318 g/mol. The Morgan fingerprint density at radius 1 is 0.826 bits per heavy atom. The predicted octanol–water partition coefficient (Wildman–Crippen LogP) is 3.83. The normalized spacial score (nSPS) is 32.8. The van der Waals surface area contributed by atoms with Gasteiger partial charge in [0.2, 0.25) is 0 Å². The topological polar surface area (TPSA) is 27.7 Å². The van der Waals surface area contributed by atoms with Crippen molar-refractivity contribution in [1.82, 2.24) is 0 Å². The SMILES string of the molecule is C#CC(C)(C)C1CCCOC1OC1OCCCC1C(C)(C)C#C. The van der Waals surface area contributed by atoms with Crippen LogP contribution in [-0.2, 0) is 14.2 Å². The molecule has 2 aliphatic heterocycles. The molecule has 4 atom stereocenters. The molecule has 2 saturated heterocycles. The molecule has 0 aromatic rings. The zero-order chi connectivity index (χ0) is 17.1. The van der Waals surface area contributed by atoms with Crippen LogP contribution in [0.3, 0.4) is 0 Å². The van der Waals surface area contributed by atoms with Gasteiger partial charge in [0.15, 0.2) is 12.6 Å². The lowest BCUT2D eigenvalue weighted by atomic mass is 9.74. The molecule has 0 aliphatic carbocycles. The molecule has 0 saturated carbocycles. The maximum absolute atomic E-state index is 6.30. The number of rotatable bonds is 4. The van der Waals surface area contributed by atoms with Crippen LogP contribution in [0, 0.1) is 47.4 Å². The number of ether oxygens (including phenoxy) is 3. The van der Waals surface area contributed by atoms with Crippen LogP contribution in [0.5, 0.6) is 0 Å². The van der Waals surface area contributed by atoms with E-state index >= 15 is 0 Å². The van der Waals surface area contributed by atoms with Crippen molar-refractivity contribution in [3.05, 3.63) is 0 Å². The van der Waals surface area contributed by atoms with E-state index in [9.17, 15) is 0 Å². The Morgan fingerprint density at radius 2 is 1.22 bits per heavy atom. The van der Waals surface area contributed by atoms with Gasteiger partial charge >= 0.3 is 0 Å². The van der Waals surface area contributed by atoms with Gasteiger partial charge in [-0.3, -0.25) is 0 Å². The van der Waals surface area contributed by atoms with Crippen LogP contribution in [0.4, 0.5) is 0 Å². The Kier molecular flexibility index (Phi) is 5.79. The largest absolute Gasteiger partial charge is 0.352 e. The van der Waals surface area contributed by atoms with Gasteiger partial charge in [-0.1, -0.05) is 0 Å². The molecule has 4 unspecified atom stereocenters. The first kappa shape index (κ1) is 18.3. The van der Waals surface area contributed by atoms with Crippen molar-refractivity contribution in [1.29, 1.82) is 0 Å². The Morgan fingerprint density at radius 3 is 1.57 bits per heavy atom. The molecular formula is C20H30O3. The minimum atomic E-state index is -0.325. The van der Waals surface area contributed by atoms with E-state index in [1.54, 1.807) is 0 Å². The number of hydrogen-bond acceptors (Lipinski definition) is 3. The van der Waals surface area contributed by atoms with Gasteiger partial charge in [0, 0.05) is 35.9 Å². The van der Waals surface area contributed by atoms with Gasteiger partial charge in [0.05, 0.1) is 0 Å². The highest BCUT2D eigenvalue weighted by molar-refractivity contribution is 5.07. The predicted molar refractivity (Wildman–Crippen MR) is 91.2 cm³/mol. The first-order valence-electron chi connectivity index (χ1n) is 8.66. The second-order valence-electron chi connectivity index (χ2n) is 7.84. The molecule has 0 amide bonds. The highest BCUT2D eigenvalue weighted by atomic mass is 16.8. The summed E-state index contributed by atoms with van der Waals surface area (Å²) in [7, 11) is 0. The fourth-order valence-corrected chi connectivity index (χ4v) is 3.53. The zero-order valence-electron chi connectivity index (χ0n) is 14.9. The van der Waals surface area contributed by atoms with Gasteiger partial charge in [-0.25, -0.2) is 0 Å². The Bertz CT molecular complexity index is 436. The summed E-state index contributed by atoms with van der Waals surface area (Å²) in [4.78, 5) is 0. The Balaban J connectivity index is 2.14. The van der Waals surface area contributed by atoms with Gasteiger partial charge in [0.25, 0.3) is 0 Å². The van der Waals surface area contributed by atoms with Crippen molar-refractivity contribution in [2.75, 3.05) is 13.2 Å². The lowest BCUT2D eigenvalue weighted by Crippen LogP contribution is -2.47. The molecule has 0 aromatic carbocycles. The maximum atomic E-state index is 6.30. The molecular weight excluding hydrogens is 288 g/mol. The van der Waals surface area contributed by atoms with Crippen LogP contribution in [0.25, 0.3) is 0 Å². The number of hydrogen-bond donors (Lipinski definition) is 0. The molecule has 2 fully saturated rings. The van der Waals surface area contributed by atoms with E-state index in [0.29, 0.717) is 13.2 Å². The standard InChI is InChI=1S/C20H30O3/c1-7-19(3,4)15-11-9-13-21-17(15)23-18-16(12-10-14-22-18)20(5,6)8-2/h1-2,15-18H,9-14H2,3-6H3. The minimum absolute atomic E-state index is 0.168. The van der Waals surface area contributed by atoms with Gasteiger partial charge in [-0.05, 0) is 53.4 Å². The second kappa shape index (κ2) is 7.27. The molecule has 0 spiro atoms. The summed E-state index contributed by atoms with van der Waals surface area (Å²) in [6.07, 6.45) is 14.9. The van der Waals surface area contributed by atoms with Crippen molar-refractivity contribution in [2.45, 2.75) is 66.0 Å². The van der Waals surface area contributed by atoms with E-state index < -0.39 is 0 Å². The van der Waals surface area contributed by atoms with Crippen LogP contribution in [0.2, 0.25) is 0 Å². The van der Waals surface area contributed by atoms with Crippen LogP contribution in [-0.4, -0.2) is 25.8 Å². The van der Waals surface area contributed by atoms with Crippen LogP contribution < -0.4 is 0 Å². The number of terminal acetylenes is 2. The summed E-state index contributed by atoms with van der Waals surface area (Å²) >= 11 is 0. The first-order valence-corrected chi connectivity index (χ1v) is 8.66. The highest BCUT2D eigenvalue weighted by Crippen LogP contribution is 2.41. The molecule has 0 N–H and O–H groups in total. The van der Waals surface area contributed by atoms with Gasteiger partial charge in [0.1, 0.15) is 0 Å². The van der Waals surface area contributed by atoms with Crippen LogP contribution >= 0.6 is 0 Å². The van der Waals surface area contributed by atoms with E-state index in [2.05, 4.69) is 39.5 Å². The minimum Gasteiger partial charge on any atom is -0.352 e. The lowest BCUT2D eigenvalue weighted by molar-refractivity contribution is -0.309. The molecule has 0 aromatic heterocycles. The Hall–Kier alpha value is -1.00. The third kappa shape index (κ3) is 4.10. The summed E-state index contributed by atoms with van der Waals surface area (Å²) in [6, 6.07) is 0. The van der Waals surface area contributed by atoms with E-state index in [1.807, 2.05) is 0 Å². The first-order chi connectivity index (χ1) is 10.8. The zero-order valence-corrected chi connectivity index (χ0v) is 14.9. The van der Waals surface area contributed by atoms with Gasteiger partial charge in [-0.15, -0.1) is 24.7 Å². The van der Waals surface area contributed by atoms with E-state index in [1.165, 1.54) is 0 Å². The fraction of sp³-hybridized carbons (Fsp3) is 0.800. The second-order valence-corrected chi connectivity index (χ2v) is 7.84. The highest BCUT2D eigenvalue weighted by Gasteiger charge is 2.43. The third-order valence-corrected chi connectivity index (χ3v) is 5.41. The van der Waals surface area contributed by atoms with E-state index in [-0.39, 0.29) is 35.2 Å². The average molecular weight is 318 g/mol. The van der Waals surface area contributed by atoms with E-state index in [0.717, 1.165) is 25.7 Å². The van der Waals surface area contributed by atoms with Crippen LogP contribution in [0.15, 0.2) is 0 Å². The molecule has 128 valence electrons. The van der Waals surface area contributed by atoms with Crippen molar-refractivity contribution in [3.63, 3.8) is 0 Å². The maximum Gasteiger partial charge on any atom is 0.164 e. The van der Waals surface area contributed by atoms with Crippen molar-refractivity contribution >= 4 is 0 Å². The molecule has 3 nitrogen and oxygen atoms in total. The quantitative estimate of drug-likeness (QED) is 0.737. The molecule has 0 bridgehead atoms. The summed E-state index contributed by atoms with van der Waals surface area (Å²) < 4.78 is 18.2. The van der Waals surface area contributed by atoms with Crippen molar-refractivity contribution in [2.24, 2.45) is 22.7 Å². The summed E-state index contributed by atoms with van der Waals surface area (Å²) in [5.41, 5.74) is -0.534. The smallest absolute Gasteiger partial charge is 0.164 e. The molecule has 2 aliphatic rings. The van der Waals surface area contributed by atoms with E-state index in [4.69, 9.17) is 27.1 Å². The molecule has 2 rings (SSSR count). The average Bonchev–Trinajstić information content (AvgIpc) is 2.55. The lowest BCUT2D eigenvalue weighted by Gasteiger charge is -2.44. The summed E-state index contributed by atoms with van der Waals surface area (Å²) in [5, 5.41) is 0. The van der Waals surface area contributed by atoms with Gasteiger partial charge in [-0.2, -0.15) is 0 Å². The van der Waals surface area contributed by atoms with Gasteiger partial charge < -0.3 is 14.2 Å². The fourth-order valence-electron chi connectivity index (χ4n) is 3.53. The Labute approximate surface area is 141 Å². The molecule has 2 heterocycles. The van der Waals surface area contributed by atoms with Crippen molar-refractivity contribution < 1.29 is 14.2 Å². The molecule has 0 radical (unpaired) electrons. The van der Waals surface area contributed by atoms with Crippen molar-refractivity contribution in [3.8, 4) is 24.7 Å². The summed E-state index contributed by atoms with van der Waals surface area (Å²) in [5.74, 6) is 6.13. The molecule has 3 heteroatoms. The third-order valence-electron chi connectivity index (χ3n) is 5.41.